The molecule has 77 valence electrons. The molecule has 2 rings (SSSR count). The minimum atomic E-state index is 0.263. The van der Waals surface area contributed by atoms with E-state index < -0.39 is 0 Å². The lowest BCUT2D eigenvalue weighted by Gasteiger charge is -2.04. The lowest BCUT2D eigenvalue weighted by atomic mass is 10.1. The Kier molecular flexibility index (Phi) is 2.50. The third kappa shape index (κ3) is 1.75. The van der Waals surface area contributed by atoms with Crippen molar-refractivity contribution >= 4 is 24.2 Å². The van der Waals surface area contributed by atoms with Crippen LogP contribution in [0.5, 0.6) is 0 Å². The molecule has 0 amide bonds. The van der Waals surface area contributed by atoms with Crippen LogP contribution in [0.2, 0.25) is 5.02 Å². The van der Waals surface area contributed by atoms with Gasteiger partial charge in [-0.3, -0.25) is 0 Å². The lowest BCUT2D eigenvalue weighted by Crippen LogP contribution is -2.10. The van der Waals surface area contributed by atoms with Gasteiger partial charge in [0.15, 0.2) is 5.82 Å². The highest BCUT2D eigenvalue weighted by atomic mass is 35.5. The summed E-state index contributed by atoms with van der Waals surface area (Å²) < 4.78 is 1.28. The van der Waals surface area contributed by atoms with Crippen LogP contribution < -0.4 is 5.84 Å². The van der Waals surface area contributed by atoms with E-state index in [2.05, 4.69) is 10.2 Å². The van der Waals surface area contributed by atoms with E-state index in [9.17, 15) is 0 Å². The molecule has 0 aliphatic heterocycles. The van der Waals surface area contributed by atoms with Crippen molar-refractivity contribution in [3.8, 4) is 11.4 Å². The normalized spacial score (nSPS) is 10.5. The Morgan fingerprint density at radius 1 is 1.40 bits per heavy atom. The second-order valence-electron chi connectivity index (χ2n) is 3.14. The molecule has 0 aliphatic rings. The molecule has 1 heterocycles. The molecule has 0 bridgehead atoms. The second kappa shape index (κ2) is 3.67. The summed E-state index contributed by atoms with van der Waals surface area (Å²) in [6.07, 6.45) is 0. The van der Waals surface area contributed by atoms with Crippen molar-refractivity contribution in [2.24, 2.45) is 0 Å². The highest BCUT2D eigenvalue weighted by molar-refractivity contribution is 7.80. The Morgan fingerprint density at radius 3 is 2.67 bits per heavy atom. The smallest absolute Gasteiger partial charge is 0.240 e. The second-order valence-corrected chi connectivity index (χ2v) is 3.94. The quantitative estimate of drug-likeness (QED) is 0.776. The fourth-order valence-corrected chi connectivity index (χ4v) is 1.69. The number of aromatic nitrogens is 3. The van der Waals surface area contributed by atoms with E-state index in [1.54, 1.807) is 6.07 Å². The SMILES string of the molecule is Cc1cc(Cl)ccc1-c1nnc([S])n1N. The number of rotatable bonds is 1. The van der Waals surface area contributed by atoms with Crippen molar-refractivity contribution in [2.75, 3.05) is 5.84 Å². The maximum Gasteiger partial charge on any atom is 0.240 e. The molecule has 2 N–H and O–H groups in total. The topological polar surface area (TPSA) is 56.7 Å². The number of hydrogen-bond donors (Lipinski definition) is 1. The van der Waals surface area contributed by atoms with Crippen molar-refractivity contribution in [1.82, 2.24) is 14.9 Å². The number of benzene rings is 1. The Labute approximate surface area is 97.4 Å². The Morgan fingerprint density at radius 2 is 2.13 bits per heavy atom. The predicted octanol–water partition coefficient (Wildman–Crippen LogP) is 2.18. The number of hydrogen-bond acceptors (Lipinski definition) is 3. The van der Waals surface area contributed by atoms with Gasteiger partial charge in [0.25, 0.3) is 0 Å². The zero-order chi connectivity index (χ0) is 11.0. The van der Waals surface area contributed by atoms with Gasteiger partial charge in [-0.05, 0) is 43.3 Å². The first kappa shape index (κ1) is 10.2. The molecule has 0 spiro atoms. The number of nitrogens with two attached hydrogens (primary N) is 1. The fourth-order valence-electron chi connectivity index (χ4n) is 1.34. The molecule has 1 radical (unpaired) electrons. The van der Waals surface area contributed by atoms with Gasteiger partial charge >= 0.3 is 0 Å². The van der Waals surface area contributed by atoms with E-state index >= 15 is 0 Å². The van der Waals surface area contributed by atoms with E-state index in [-0.39, 0.29) is 5.16 Å². The molecule has 0 unspecified atom stereocenters. The first-order valence-electron chi connectivity index (χ1n) is 4.23. The summed E-state index contributed by atoms with van der Waals surface area (Å²) in [5.41, 5.74) is 1.86. The number of aryl methyl sites for hydroxylation is 1. The molecule has 0 aliphatic carbocycles. The summed E-state index contributed by atoms with van der Waals surface area (Å²) in [6.45, 7) is 1.93. The van der Waals surface area contributed by atoms with Gasteiger partial charge in [0.2, 0.25) is 5.16 Å². The first-order chi connectivity index (χ1) is 7.09. The van der Waals surface area contributed by atoms with Gasteiger partial charge in [-0.25, -0.2) is 4.68 Å². The zero-order valence-corrected chi connectivity index (χ0v) is 9.51. The van der Waals surface area contributed by atoms with E-state index in [0.29, 0.717) is 10.8 Å². The van der Waals surface area contributed by atoms with Crippen molar-refractivity contribution in [3.63, 3.8) is 0 Å². The van der Waals surface area contributed by atoms with Crippen LogP contribution in [0.15, 0.2) is 23.4 Å². The molecule has 6 heteroatoms. The molecular formula is C9H8ClN4S. The molecule has 0 fully saturated rings. The summed E-state index contributed by atoms with van der Waals surface area (Å²) in [5.74, 6) is 6.25. The molecule has 0 saturated carbocycles. The molecule has 2 aromatic rings. The maximum atomic E-state index is 5.85. The standard InChI is InChI=1S/C9H8ClN4S/c1-5-4-6(10)2-3-7(5)8-12-13-9(15)14(8)11/h2-4H,11H2,1H3. The van der Waals surface area contributed by atoms with Gasteiger partial charge in [0.05, 0.1) is 0 Å². The minimum Gasteiger partial charge on any atom is -0.335 e. The molecule has 1 aromatic heterocycles. The fraction of sp³-hybridized carbons (Fsp3) is 0.111. The monoisotopic (exact) mass is 239 g/mol. The van der Waals surface area contributed by atoms with Crippen LogP contribution in [0.4, 0.5) is 0 Å². The molecular weight excluding hydrogens is 232 g/mol. The van der Waals surface area contributed by atoms with Crippen molar-refractivity contribution in [1.29, 1.82) is 0 Å². The average Bonchev–Trinajstić information content (AvgIpc) is 2.49. The average molecular weight is 240 g/mol. The highest BCUT2D eigenvalue weighted by Gasteiger charge is 2.11. The number of halogens is 1. The third-order valence-electron chi connectivity index (χ3n) is 2.09. The van der Waals surface area contributed by atoms with Gasteiger partial charge in [0, 0.05) is 10.6 Å². The Bertz CT molecular complexity index is 509. The Balaban J connectivity index is 2.59. The van der Waals surface area contributed by atoms with Crippen LogP contribution in [0.25, 0.3) is 11.4 Å². The van der Waals surface area contributed by atoms with E-state index in [4.69, 9.17) is 30.1 Å². The van der Waals surface area contributed by atoms with E-state index in [1.807, 2.05) is 19.1 Å². The predicted molar refractivity (Wildman–Crippen MR) is 61.2 cm³/mol. The first-order valence-corrected chi connectivity index (χ1v) is 5.02. The molecule has 15 heavy (non-hydrogen) atoms. The van der Waals surface area contributed by atoms with Crippen LogP contribution in [0, 0.1) is 6.92 Å². The van der Waals surface area contributed by atoms with Crippen LogP contribution in [0.3, 0.4) is 0 Å². The van der Waals surface area contributed by atoms with Crippen LogP contribution >= 0.6 is 24.2 Å². The summed E-state index contributed by atoms with van der Waals surface area (Å²) in [4.78, 5) is 0. The van der Waals surface area contributed by atoms with E-state index in [1.165, 1.54) is 4.68 Å². The zero-order valence-electron chi connectivity index (χ0n) is 7.94. The molecule has 0 saturated heterocycles. The third-order valence-corrected chi connectivity index (χ3v) is 2.61. The van der Waals surface area contributed by atoms with E-state index in [0.717, 1.165) is 11.1 Å². The van der Waals surface area contributed by atoms with Crippen molar-refractivity contribution < 1.29 is 0 Å². The van der Waals surface area contributed by atoms with Gasteiger partial charge in [-0.1, -0.05) is 11.6 Å². The largest absolute Gasteiger partial charge is 0.335 e. The molecule has 1 aromatic carbocycles. The summed E-state index contributed by atoms with van der Waals surface area (Å²) >= 11 is 10.7. The van der Waals surface area contributed by atoms with Gasteiger partial charge < -0.3 is 5.84 Å². The Hall–Kier alpha value is -1.33. The lowest BCUT2D eigenvalue weighted by molar-refractivity contribution is 0.855. The van der Waals surface area contributed by atoms with Gasteiger partial charge in [0.1, 0.15) is 0 Å². The summed E-state index contributed by atoms with van der Waals surface area (Å²) in [6, 6.07) is 5.47. The van der Waals surface area contributed by atoms with Crippen LogP contribution in [-0.2, 0) is 0 Å². The van der Waals surface area contributed by atoms with Crippen molar-refractivity contribution in [2.45, 2.75) is 12.1 Å². The summed E-state index contributed by atoms with van der Waals surface area (Å²) in [7, 11) is 0. The van der Waals surface area contributed by atoms with Gasteiger partial charge in [-0.15, -0.1) is 10.2 Å². The number of nitrogens with zero attached hydrogens (tertiary/aromatic N) is 3. The number of nitrogen functional groups attached to an aromatic ring is 1. The molecule has 4 nitrogen and oxygen atoms in total. The minimum absolute atomic E-state index is 0.263. The highest BCUT2D eigenvalue weighted by Crippen LogP contribution is 2.24. The van der Waals surface area contributed by atoms with Crippen LogP contribution in [-0.4, -0.2) is 14.9 Å². The van der Waals surface area contributed by atoms with Gasteiger partial charge in [-0.2, -0.15) is 0 Å². The maximum absolute atomic E-state index is 5.85. The molecule has 0 atom stereocenters. The van der Waals surface area contributed by atoms with Crippen LogP contribution in [0.1, 0.15) is 5.56 Å². The summed E-state index contributed by atoms with van der Waals surface area (Å²) in [5, 5.41) is 8.58. The van der Waals surface area contributed by atoms with Crippen molar-refractivity contribution in [3.05, 3.63) is 28.8 Å².